The van der Waals surface area contributed by atoms with Crippen molar-refractivity contribution in [2.24, 2.45) is 0 Å². The molecule has 134 valence electrons. The van der Waals surface area contributed by atoms with E-state index >= 15 is 0 Å². The van der Waals surface area contributed by atoms with Crippen molar-refractivity contribution in [3.05, 3.63) is 51.8 Å². The highest BCUT2D eigenvalue weighted by molar-refractivity contribution is 6.30. The average molecular weight is 362 g/mol. The summed E-state index contributed by atoms with van der Waals surface area (Å²) in [6.07, 6.45) is 0.538. The number of aromatic nitrogens is 2. The molecule has 1 aromatic heterocycles. The summed E-state index contributed by atoms with van der Waals surface area (Å²) in [5, 5.41) is 5.40. The first-order chi connectivity index (χ1) is 11.7. The molecule has 0 atom stereocenters. The van der Waals surface area contributed by atoms with Gasteiger partial charge in [0, 0.05) is 11.6 Å². The number of ether oxygens (including phenoxy) is 1. The van der Waals surface area contributed by atoms with Crippen LogP contribution < -0.4 is 0 Å². The molecular weight excluding hydrogens is 338 g/mol. The largest absolute Gasteiger partial charge is 0.444 e. The molecule has 1 amide bonds. The number of fused-ring (bicyclic) bond motifs is 1. The summed E-state index contributed by atoms with van der Waals surface area (Å²) in [6, 6.07) is 7.76. The molecule has 0 saturated heterocycles. The van der Waals surface area contributed by atoms with Crippen molar-refractivity contribution in [1.29, 1.82) is 0 Å². The van der Waals surface area contributed by atoms with Gasteiger partial charge in [-0.1, -0.05) is 23.7 Å². The molecule has 0 radical (unpaired) electrons. The van der Waals surface area contributed by atoms with Gasteiger partial charge < -0.3 is 9.64 Å². The first kappa shape index (κ1) is 17.8. The van der Waals surface area contributed by atoms with Gasteiger partial charge in [-0.3, -0.25) is 4.68 Å². The number of amides is 1. The first-order valence-corrected chi connectivity index (χ1v) is 8.88. The van der Waals surface area contributed by atoms with Crippen molar-refractivity contribution in [2.45, 2.75) is 52.8 Å². The van der Waals surface area contributed by atoms with Crippen molar-refractivity contribution < 1.29 is 9.53 Å². The zero-order valence-corrected chi connectivity index (χ0v) is 15.9. The van der Waals surface area contributed by atoms with Gasteiger partial charge in [0.25, 0.3) is 0 Å². The van der Waals surface area contributed by atoms with Crippen molar-refractivity contribution in [3.8, 4) is 0 Å². The molecule has 0 N–H and O–H groups in total. The van der Waals surface area contributed by atoms with Gasteiger partial charge in [-0.15, -0.1) is 0 Å². The molecule has 25 heavy (non-hydrogen) atoms. The van der Waals surface area contributed by atoms with Crippen LogP contribution in [-0.2, 0) is 24.2 Å². The minimum Gasteiger partial charge on any atom is -0.444 e. The maximum Gasteiger partial charge on any atom is 0.410 e. The monoisotopic (exact) mass is 361 g/mol. The molecule has 0 fully saturated rings. The highest BCUT2D eigenvalue weighted by atomic mass is 35.5. The summed E-state index contributed by atoms with van der Waals surface area (Å²) in [4.78, 5) is 14.2. The Morgan fingerprint density at radius 1 is 1.28 bits per heavy atom. The third kappa shape index (κ3) is 4.15. The lowest BCUT2D eigenvalue weighted by Crippen LogP contribution is -2.40. The van der Waals surface area contributed by atoms with Crippen LogP contribution in [-0.4, -0.2) is 32.9 Å². The molecule has 0 spiro atoms. The van der Waals surface area contributed by atoms with Crippen LogP contribution in [0.3, 0.4) is 0 Å². The standard InChI is InChI=1S/C19H24ClN3O2/c1-13-16-9-10-22(18(24)25-19(2,3)4)12-17(16)23(21-13)11-14-5-7-15(20)8-6-14/h5-8H,9-12H2,1-4H3. The Bertz CT molecular complexity index is 775. The van der Waals surface area contributed by atoms with Gasteiger partial charge in [0.1, 0.15) is 5.60 Å². The quantitative estimate of drug-likeness (QED) is 0.805. The Kier molecular flexibility index (Phi) is 4.78. The average Bonchev–Trinajstić information content (AvgIpc) is 2.84. The lowest BCUT2D eigenvalue weighted by molar-refractivity contribution is 0.0219. The second kappa shape index (κ2) is 6.71. The summed E-state index contributed by atoms with van der Waals surface area (Å²) in [6.45, 7) is 9.53. The number of carbonyl (C=O) groups is 1. The SMILES string of the molecule is Cc1nn(Cc2ccc(Cl)cc2)c2c1CCN(C(=O)OC(C)(C)C)C2. The number of halogens is 1. The minimum absolute atomic E-state index is 0.268. The molecule has 1 aliphatic rings. The Morgan fingerprint density at radius 2 is 1.96 bits per heavy atom. The Morgan fingerprint density at radius 3 is 2.60 bits per heavy atom. The van der Waals surface area contributed by atoms with E-state index in [1.165, 1.54) is 5.56 Å². The van der Waals surface area contributed by atoms with Crippen molar-refractivity contribution >= 4 is 17.7 Å². The molecule has 2 aromatic rings. The van der Waals surface area contributed by atoms with Crippen LogP contribution in [0.4, 0.5) is 4.79 Å². The maximum atomic E-state index is 12.4. The van der Waals surface area contributed by atoms with Crippen LogP contribution in [0.5, 0.6) is 0 Å². The molecule has 0 aliphatic carbocycles. The topological polar surface area (TPSA) is 47.4 Å². The lowest BCUT2D eigenvalue weighted by Gasteiger charge is -2.30. The zero-order valence-electron chi connectivity index (χ0n) is 15.2. The van der Waals surface area contributed by atoms with Gasteiger partial charge in [0.2, 0.25) is 0 Å². The van der Waals surface area contributed by atoms with Gasteiger partial charge in [-0.05, 0) is 57.4 Å². The molecule has 0 bridgehead atoms. The van der Waals surface area contributed by atoms with E-state index in [1.807, 2.05) is 56.6 Å². The number of nitrogens with zero attached hydrogens (tertiary/aromatic N) is 3. The molecule has 2 heterocycles. The van der Waals surface area contributed by atoms with E-state index in [0.717, 1.165) is 28.4 Å². The Balaban J connectivity index is 1.81. The van der Waals surface area contributed by atoms with Crippen LogP contribution >= 0.6 is 11.6 Å². The third-order valence-corrected chi connectivity index (χ3v) is 4.49. The molecular formula is C19H24ClN3O2. The number of hydrogen-bond donors (Lipinski definition) is 0. The van der Waals surface area contributed by atoms with Crippen molar-refractivity contribution in [3.63, 3.8) is 0 Å². The van der Waals surface area contributed by atoms with E-state index in [4.69, 9.17) is 16.3 Å². The molecule has 3 rings (SSSR count). The lowest BCUT2D eigenvalue weighted by atomic mass is 10.1. The third-order valence-electron chi connectivity index (χ3n) is 4.24. The van der Waals surface area contributed by atoms with Crippen LogP contribution in [0.2, 0.25) is 5.02 Å². The molecule has 5 nitrogen and oxygen atoms in total. The van der Waals surface area contributed by atoms with Gasteiger partial charge >= 0.3 is 6.09 Å². The normalized spacial score (nSPS) is 14.4. The van der Waals surface area contributed by atoms with Crippen LogP contribution in [0, 0.1) is 6.92 Å². The number of carbonyl (C=O) groups excluding carboxylic acids is 1. The zero-order chi connectivity index (χ0) is 18.2. The van der Waals surface area contributed by atoms with Gasteiger partial charge in [-0.2, -0.15) is 5.10 Å². The minimum atomic E-state index is -0.489. The van der Waals surface area contributed by atoms with Crippen LogP contribution in [0.15, 0.2) is 24.3 Å². The molecule has 1 aromatic carbocycles. The van der Waals surface area contributed by atoms with E-state index in [1.54, 1.807) is 4.90 Å². The number of rotatable bonds is 2. The second-order valence-electron chi connectivity index (χ2n) is 7.45. The number of hydrogen-bond acceptors (Lipinski definition) is 3. The van der Waals surface area contributed by atoms with Gasteiger partial charge in [-0.25, -0.2) is 4.79 Å². The van der Waals surface area contributed by atoms with Crippen LogP contribution in [0.1, 0.15) is 43.3 Å². The van der Waals surface area contributed by atoms with Gasteiger partial charge in [0.15, 0.2) is 0 Å². The Labute approximate surface area is 153 Å². The summed E-state index contributed by atoms with van der Waals surface area (Å²) in [5.41, 5.74) is 4.01. The fourth-order valence-corrected chi connectivity index (χ4v) is 3.18. The predicted octanol–water partition coefficient (Wildman–Crippen LogP) is 4.19. The first-order valence-electron chi connectivity index (χ1n) is 8.50. The van der Waals surface area contributed by atoms with E-state index in [2.05, 4.69) is 5.10 Å². The second-order valence-corrected chi connectivity index (χ2v) is 7.88. The highest BCUT2D eigenvalue weighted by Crippen LogP contribution is 2.24. The molecule has 6 heteroatoms. The van der Waals surface area contributed by atoms with E-state index < -0.39 is 5.60 Å². The molecule has 0 unspecified atom stereocenters. The maximum absolute atomic E-state index is 12.4. The fraction of sp³-hybridized carbons (Fsp3) is 0.474. The summed E-state index contributed by atoms with van der Waals surface area (Å²) in [7, 11) is 0. The predicted molar refractivity (Wildman–Crippen MR) is 97.9 cm³/mol. The number of aryl methyl sites for hydroxylation is 1. The fourth-order valence-electron chi connectivity index (χ4n) is 3.05. The summed E-state index contributed by atoms with van der Waals surface area (Å²) < 4.78 is 7.50. The van der Waals surface area contributed by atoms with E-state index in [-0.39, 0.29) is 6.09 Å². The Hall–Kier alpha value is -2.01. The molecule has 0 saturated carbocycles. The summed E-state index contributed by atoms with van der Waals surface area (Å²) >= 11 is 5.96. The van der Waals surface area contributed by atoms with Crippen molar-refractivity contribution in [1.82, 2.24) is 14.7 Å². The van der Waals surface area contributed by atoms with Gasteiger partial charge in [0.05, 0.1) is 24.5 Å². The number of benzene rings is 1. The van der Waals surface area contributed by atoms with Crippen LogP contribution in [0.25, 0.3) is 0 Å². The van der Waals surface area contributed by atoms with E-state index in [9.17, 15) is 4.79 Å². The van der Waals surface area contributed by atoms with Crippen molar-refractivity contribution in [2.75, 3.05) is 6.54 Å². The molecule has 1 aliphatic heterocycles. The smallest absolute Gasteiger partial charge is 0.410 e. The summed E-state index contributed by atoms with van der Waals surface area (Å²) in [5.74, 6) is 0. The van der Waals surface area contributed by atoms with E-state index in [0.29, 0.717) is 19.6 Å². The highest BCUT2D eigenvalue weighted by Gasteiger charge is 2.29.